The number of tetrazole rings is 1. The van der Waals surface area contributed by atoms with Crippen LogP contribution in [0.1, 0.15) is 35.8 Å². The molecular formula is C23H29N6O3+. The fraction of sp³-hybridized carbons (Fsp3) is 0.391. The molecule has 1 fully saturated rings. The second kappa shape index (κ2) is 9.78. The van der Waals surface area contributed by atoms with E-state index >= 15 is 0 Å². The van der Waals surface area contributed by atoms with Gasteiger partial charge in [0, 0.05) is 18.8 Å². The average Bonchev–Trinajstić information content (AvgIpc) is 3.28. The van der Waals surface area contributed by atoms with Crippen molar-refractivity contribution in [1.82, 2.24) is 20.2 Å². The molecule has 3 aromatic rings. The zero-order valence-electron chi connectivity index (χ0n) is 18.4. The molecule has 1 aliphatic heterocycles. The summed E-state index contributed by atoms with van der Waals surface area (Å²) >= 11 is 0. The first-order valence-corrected chi connectivity index (χ1v) is 10.8. The van der Waals surface area contributed by atoms with E-state index in [0.29, 0.717) is 6.54 Å². The number of benzene rings is 2. The first-order chi connectivity index (χ1) is 15.6. The van der Waals surface area contributed by atoms with Crippen molar-refractivity contribution in [1.29, 1.82) is 0 Å². The molecule has 168 valence electrons. The Morgan fingerprint density at radius 2 is 1.84 bits per heavy atom. The van der Waals surface area contributed by atoms with Crippen LogP contribution in [0.25, 0.3) is 0 Å². The molecule has 2 aromatic carbocycles. The Morgan fingerprint density at radius 3 is 2.50 bits per heavy atom. The van der Waals surface area contributed by atoms with Gasteiger partial charge in [-0.15, -0.1) is 5.10 Å². The molecule has 0 spiro atoms. The summed E-state index contributed by atoms with van der Waals surface area (Å²) in [4.78, 5) is 13.0. The molecule has 0 aliphatic carbocycles. The van der Waals surface area contributed by atoms with Gasteiger partial charge in [0.2, 0.25) is 11.7 Å². The van der Waals surface area contributed by atoms with Gasteiger partial charge in [-0.05, 0) is 40.3 Å². The van der Waals surface area contributed by atoms with Crippen LogP contribution >= 0.6 is 0 Å². The molecule has 1 saturated heterocycles. The summed E-state index contributed by atoms with van der Waals surface area (Å²) < 4.78 is 12.8. The standard InChI is InChI=1S/C23H28N6O3/c1-31-18-9-7-16(8-10-18)15-29-23(25-26-27-29)21(19-5-3-4-6-20(19)32-2)28-13-11-17(12-14-28)22(24)30/h3-10,17,21H,11-15H2,1-2H3,(H2,24,30)/p+1/t21-/m0/s1. The van der Waals surface area contributed by atoms with E-state index in [1.165, 1.54) is 4.90 Å². The third-order valence-electron chi connectivity index (χ3n) is 6.20. The Morgan fingerprint density at radius 1 is 1.12 bits per heavy atom. The molecule has 1 amide bonds. The lowest BCUT2D eigenvalue weighted by atomic mass is 9.93. The average molecular weight is 438 g/mol. The predicted molar refractivity (Wildman–Crippen MR) is 117 cm³/mol. The van der Waals surface area contributed by atoms with Gasteiger partial charge in [0.15, 0.2) is 6.04 Å². The minimum atomic E-state index is -0.220. The van der Waals surface area contributed by atoms with E-state index in [1.54, 1.807) is 14.2 Å². The maximum absolute atomic E-state index is 11.7. The van der Waals surface area contributed by atoms with Gasteiger partial charge in [0.1, 0.15) is 11.5 Å². The number of carbonyl (C=O) groups excluding carboxylic acids is 1. The van der Waals surface area contributed by atoms with E-state index in [1.807, 2.05) is 47.1 Å². The normalized spacial score (nSPS) is 19.3. The summed E-state index contributed by atoms with van der Waals surface area (Å²) in [6.45, 7) is 2.13. The van der Waals surface area contributed by atoms with Crippen molar-refractivity contribution in [2.45, 2.75) is 25.4 Å². The number of primary amides is 1. The van der Waals surface area contributed by atoms with Crippen molar-refractivity contribution < 1.29 is 19.2 Å². The number of hydrogen-bond donors (Lipinski definition) is 2. The van der Waals surface area contributed by atoms with Crippen molar-refractivity contribution in [2.75, 3.05) is 27.3 Å². The number of amides is 1. The number of nitrogens with one attached hydrogen (secondary N) is 1. The van der Waals surface area contributed by atoms with Crippen LogP contribution < -0.4 is 20.1 Å². The van der Waals surface area contributed by atoms with Crippen LogP contribution in [0.2, 0.25) is 0 Å². The highest BCUT2D eigenvalue weighted by molar-refractivity contribution is 5.76. The minimum Gasteiger partial charge on any atom is -0.497 e. The highest BCUT2D eigenvalue weighted by atomic mass is 16.5. The summed E-state index contributed by atoms with van der Waals surface area (Å²) in [5.41, 5.74) is 7.65. The van der Waals surface area contributed by atoms with E-state index in [4.69, 9.17) is 15.2 Å². The molecule has 0 bridgehead atoms. The number of nitrogens with zero attached hydrogens (tertiary/aromatic N) is 4. The van der Waals surface area contributed by atoms with E-state index in [2.05, 4.69) is 21.6 Å². The van der Waals surface area contributed by atoms with Crippen LogP contribution in [0.15, 0.2) is 48.5 Å². The van der Waals surface area contributed by atoms with Crippen molar-refractivity contribution in [2.24, 2.45) is 11.7 Å². The van der Waals surface area contributed by atoms with Crippen LogP contribution in [-0.2, 0) is 11.3 Å². The van der Waals surface area contributed by atoms with Gasteiger partial charge < -0.3 is 20.1 Å². The molecule has 9 nitrogen and oxygen atoms in total. The predicted octanol–water partition coefficient (Wildman–Crippen LogP) is 0.608. The smallest absolute Gasteiger partial charge is 0.220 e. The second-order valence-corrected chi connectivity index (χ2v) is 8.05. The Bertz CT molecular complexity index is 1040. The highest BCUT2D eigenvalue weighted by Crippen LogP contribution is 2.28. The number of carbonyl (C=O) groups is 1. The maximum atomic E-state index is 11.7. The Balaban J connectivity index is 1.68. The monoisotopic (exact) mass is 437 g/mol. The number of rotatable bonds is 8. The number of ether oxygens (including phenoxy) is 2. The van der Waals surface area contributed by atoms with Crippen LogP contribution in [0.4, 0.5) is 0 Å². The number of likely N-dealkylation sites (tertiary alicyclic amines) is 1. The van der Waals surface area contributed by atoms with E-state index < -0.39 is 0 Å². The Kier molecular flexibility index (Phi) is 6.65. The largest absolute Gasteiger partial charge is 0.497 e. The van der Waals surface area contributed by atoms with Crippen molar-refractivity contribution in [3.8, 4) is 11.5 Å². The van der Waals surface area contributed by atoms with Crippen LogP contribution in [0, 0.1) is 5.92 Å². The lowest BCUT2D eigenvalue weighted by Gasteiger charge is -2.33. The minimum absolute atomic E-state index is 0.0765. The van der Waals surface area contributed by atoms with Crippen LogP contribution in [0.5, 0.6) is 11.5 Å². The number of nitrogens with two attached hydrogens (primary N) is 1. The summed E-state index contributed by atoms with van der Waals surface area (Å²) in [6, 6.07) is 15.7. The number of aromatic nitrogens is 4. The number of hydrogen-bond acceptors (Lipinski definition) is 6. The number of quaternary nitrogens is 1. The molecule has 0 saturated carbocycles. The third-order valence-corrected chi connectivity index (χ3v) is 6.20. The first-order valence-electron chi connectivity index (χ1n) is 10.8. The fourth-order valence-corrected chi connectivity index (χ4v) is 4.44. The Labute approximate surface area is 187 Å². The highest BCUT2D eigenvalue weighted by Gasteiger charge is 2.37. The molecule has 1 aliphatic rings. The van der Waals surface area contributed by atoms with E-state index in [0.717, 1.165) is 54.4 Å². The third kappa shape index (κ3) is 4.57. The maximum Gasteiger partial charge on any atom is 0.220 e. The molecule has 0 radical (unpaired) electrons. The lowest BCUT2D eigenvalue weighted by molar-refractivity contribution is -0.931. The molecule has 3 N–H and O–H groups in total. The summed E-state index contributed by atoms with van der Waals surface area (Å²) in [5.74, 6) is 2.06. The zero-order chi connectivity index (χ0) is 22.5. The number of para-hydroxylation sites is 1. The van der Waals surface area contributed by atoms with Gasteiger partial charge in [-0.1, -0.05) is 24.3 Å². The molecule has 4 rings (SSSR count). The first kappa shape index (κ1) is 21.8. The quantitative estimate of drug-likeness (QED) is 0.534. The van der Waals surface area contributed by atoms with Gasteiger partial charge in [0.25, 0.3) is 0 Å². The SMILES string of the molecule is COc1ccc(Cn2nnnc2[C@H](c2ccccc2OC)[NH+]2CCC(C(N)=O)CC2)cc1. The molecular weight excluding hydrogens is 408 g/mol. The van der Waals surface area contributed by atoms with Crippen LogP contribution in [-0.4, -0.2) is 53.4 Å². The molecule has 32 heavy (non-hydrogen) atoms. The fourth-order valence-electron chi connectivity index (χ4n) is 4.44. The van der Waals surface area contributed by atoms with Gasteiger partial charge in [-0.25, -0.2) is 4.68 Å². The molecule has 1 atom stereocenters. The summed E-state index contributed by atoms with van der Waals surface area (Å²) in [5, 5.41) is 12.7. The lowest BCUT2D eigenvalue weighted by Crippen LogP contribution is -3.13. The second-order valence-electron chi connectivity index (χ2n) is 8.05. The van der Waals surface area contributed by atoms with Crippen LogP contribution in [0.3, 0.4) is 0 Å². The van der Waals surface area contributed by atoms with Crippen molar-refractivity contribution in [3.63, 3.8) is 0 Å². The zero-order valence-corrected chi connectivity index (χ0v) is 18.4. The summed E-state index contributed by atoms with van der Waals surface area (Å²) in [7, 11) is 3.32. The van der Waals surface area contributed by atoms with Gasteiger partial charge in [-0.3, -0.25) is 4.79 Å². The Hall–Kier alpha value is -3.46. The molecule has 1 aromatic heterocycles. The van der Waals surface area contributed by atoms with Crippen molar-refractivity contribution in [3.05, 3.63) is 65.5 Å². The van der Waals surface area contributed by atoms with Gasteiger partial charge >= 0.3 is 0 Å². The van der Waals surface area contributed by atoms with Gasteiger partial charge in [-0.2, -0.15) is 0 Å². The van der Waals surface area contributed by atoms with Crippen molar-refractivity contribution >= 4 is 5.91 Å². The number of piperidine rings is 1. The van der Waals surface area contributed by atoms with E-state index in [-0.39, 0.29) is 17.9 Å². The molecule has 9 heteroatoms. The van der Waals surface area contributed by atoms with Gasteiger partial charge in [0.05, 0.1) is 39.4 Å². The number of methoxy groups -OCH3 is 2. The molecule has 0 unspecified atom stereocenters. The van der Waals surface area contributed by atoms with E-state index in [9.17, 15) is 4.79 Å². The molecule has 2 heterocycles. The summed E-state index contributed by atoms with van der Waals surface area (Å²) in [6.07, 6.45) is 1.49. The topological polar surface area (TPSA) is 110 Å².